The van der Waals surface area contributed by atoms with Crippen molar-refractivity contribution in [3.63, 3.8) is 0 Å². The van der Waals surface area contributed by atoms with Gasteiger partial charge in [-0.3, -0.25) is 0 Å². The van der Waals surface area contributed by atoms with Gasteiger partial charge in [0.2, 0.25) is 0 Å². The second-order valence-electron chi connectivity index (χ2n) is 12.6. The lowest BCUT2D eigenvalue weighted by Crippen LogP contribution is -1.95. The van der Waals surface area contributed by atoms with Crippen LogP contribution in [-0.4, -0.2) is 19.9 Å². The third-order valence-electron chi connectivity index (χ3n) is 9.65. The first-order chi connectivity index (χ1) is 24.8. The van der Waals surface area contributed by atoms with Gasteiger partial charge in [0.05, 0.1) is 33.6 Å². The van der Waals surface area contributed by atoms with Crippen LogP contribution in [0.4, 0.5) is 0 Å². The molecule has 0 saturated carbocycles. The van der Waals surface area contributed by atoms with Gasteiger partial charge in [0, 0.05) is 43.8 Å². The van der Waals surface area contributed by atoms with Crippen LogP contribution in [0, 0.1) is 0 Å². The minimum atomic E-state index is 0.715. The molecule has 4 heteroatoms. The van der Waals surface area contributed by atoms with Gasteiger partial charge >= 0.3 is 0 Å². The Labute approximate surface area is 288 Å². The Bertz CT molecular complexity index is 2920. The maximum absolute atomic E-state index is 5.29. The molecule has 0 aliphatic carbocycles. The fourth-order valence-electron chi connectivity index (χ4n) is 7.18. The zero-order valence-electron chi connectivity index (χ0n) is 27.0. The molecule has 10 rings (SSSR count). The molecule has 7 aromatic carbocycles. The summed E-state index contributed by atoms with van der Waals surface area (Å²) >= 11 is 0. The van der Waals surface area contributed by atoms with Crippen molar-refractivity contribution in [3.05, 3.63) is 170 Å². The predicted molar refractivity (Wildman–Crippen MR) is 207 cm³/mol. The van der Waals surface area contributed by atoms with Gasteiger partial charge in [0.1, 0.15) is 0 Å². The third-order valence-corrected chi connectivity index (χ3v) is 9.65. The first-order valence-electron chi connectivity index (χ1n) is 16.8. The predicted octanol–water partition coefficient (Wildman–Crippen LogP) is 11.7. The molecule has 0 N–H and O–H groups in total. The molecule has 3 heterocycles. The van der Waals surface area contributed by atoms with Crippen LogP contribution < -0.4 is 0 Å². The summed E-state index contributed by atoms with van der Waals surface area (Å²) in [5.74, 6) is 0.715. The fraction of sp³-hybridized carbons (Fsp3) is 0. The van der Waals surface area contributed by atoms with Gasteiger partial charge in [-0.1, -0.05) is 133 Å². The van der Waals surface area contributed by atoms with Gasteiger partial charge < -0.3 is 0 Å². The Morgan fingerprint density at radius 2 is 0.920 bits per heavy atom. The molecule has 0 unspecified atom stereocenters. The standard InChI is InChI=1S/C46H28N4/c1-2-11-32(12-3-1)46-49-41-17-9-7-15-38(41)44(50-46)30-19-21-31(22-20-30)45-43-36(35-14-6-8-16-40(35)48-45)24-27-42-37(43)25-26-39(47-42)34-23-18-29-10-4-5-13-33(29)28-34/h1-28H. The third kappa shape index (κ3) is 4.69. The van der Waals surface area contributed by atoms with Crippen LogP contribution in [0.2, 0.25) is 0 Å². The number of rotatable bonds is 4. The number of pyridine rings is 2. The molecular formula is C46H28N4. The lowest BCUT2D eigenvalue weighted by Gasteiger charge is -2.14. The lowest BCUT2D eigenvalue weighted by molar-refractivity contribution is 1.23. The number of benzene rings is 7. The topological polar surface area (TPSA) is 51.6 Å². The molecule has 50 heavy (non-hydrogen) atoms. The van der Waals surface area contributed by atoms with Crippen LogP contribution in [0.5, 0.6) is 0 Å². The van der Waals surface area contributed by atoms with Gasteiger partial charge in [0.15, 0.2) is 5.82 Å². The molecule has 0 spiro atoms. The normalized spacial score (nSPS) is 11.6. The number of para-hydroxylation sites is 2. The summed E-state index contributed by atoms with van der Waals surface area (Å²) in [6.45, 7) is 0. The molecule has 10 aromatic rings. The molecule has 0 atom stereocenters. The van der Waals surface area contributed by atoms with E-state index < -0.39 is 0 Å². The van der Waals surface area contributed by atoms with Crippen molar-refractivity contribution in [2.24, 2.45) is 0 Å². The first-order valence-corrected chi connectivity index (χ1v) is 16.8. The summed E-state index contributed by atoms with van der Waals surface area (Å²) < 4.78 is 0. The van der Waals surface area contributed by atoms with Crippen molar-refractivity contribution in [3.8, 4) is 45.2 Å². The van der Waals surface area contributed by atoms with Gasteiger partial charge in [0.25, 0.3) is 0 Å². The van der Waals surface area contributed by atoms with E-state index in [1.54, 1.807) is 0 Å². The van der Waals surface area contributed by atoms with Gasteiger partial charge in [-0.25, -0.2) is 19.9 Å². The van der Waals surface area contributed by atoms with E-state index in [1.807, 2.05) is 30.3 Å². The van der Waals surface area contributed by atoms with E-state index in [0.29, 0.717) is 5.82 Å². The van der Waals surface area contributed by atoms with Crippen LogP contribution in [0.25, 0.3) is 99.4 Å². The average molecular weight is 637 g/mol. The second kappa shape index (κ2) is 11.4. The highest BCUT2D eigenvalue weighted by molar-refractivity contribution is 6.20. The molecule has 3 aromatic heterocycles. The van der Waals surface area contributed by atoms with E-state index in [4.69, 9.17) is 19.9 Å². The smallest absolute Gasteiger partial charge is 0.160 e. The van der Waals surface area contributed by atoms with Crippen molar-refractivity contribution in [2.45, 2.75) is 0 Å². The molecule has 0 saturated heterocycles. The first kappa shape index (κ1) is 28.3. The van der Waals surface area contributed by atoms with Crippen LogP contribution >= 0.6 is 0 Å². The summed E-state index contributed by atoms with van der Waals surface area (Å²) in [4.78, 5) is 20.5. The van der Waals surface area contributed by atoms with E-state index in [0.717, 1.165) is 82.8 Å². The zero-order valence-corrected chi connectivity index (χ0v) is 27.0. The summed E-state index contributed by atoms with van der Waals surface area (Å²) in [7, 11) is 0. The molecule has 4 nitrogen and oxygen atoms in total. The minimum Gasteiger partial charge on any atom is -0.248 e. The Morgan fingerprint density at radius 1 is 0.300 bits per heavy atom. The van der Waals surface area contributed by atoms with E-state index in [9.17, 15) is 0 Å². The monoisotopic (exact) mass is 636 g/mol. The maximum Gasteiger partial charge on any atom is 0.160 e. The van der Waals surface area contributed by atoms with Crippen LogP contribution in [0.1, 0.15) is 0 Å². The lowest BCUT2D eigenvalue weighted by atomic mass is 9.95. The van der Waals surface area contributed by atoms with Gasteiger partial charge in [-0.05, 0) is 52.6 Å². The number of hydrogen-bond acceptors (Lipinski definition) is 4. The van der Waals surface area contributed by atoms with Gasteiger partial charge in [-0.2, -0.15) is 0 Å². The van der Waals surface area contributed by atoms with E-state index in [1.165, 1.54) is 10.8 Å². The highest BCUT2D eigenvalue weighted by Crippen LogP contribution is 2.39. The highest BCUT2D eigenvalue weighted by atomic mass is 14.9. The molecule has 0 bridgehead atoms. The molecule has 0 fully saturated rings. The summed E-state index contributed by atoms with van der Waals surface area (Å²) in [5.41, 5.74) is 9.80. The van der Waals surface area contributed by atoms with Crippen LogP contribution in [0.3, 0.4) is 0 Å². The van der Waals surface area contributed by atoms with Crippen molar-refractivity contribution in [1.29, 1.82) is 0 Å². The SMILES string of the molecule is c1ccc(-c2nc(-c3ccc(-c4nc5ccccc5c5ccc6nc(-c7ccc8ccccc8c7)ccc6c45)cc3)c3ccccc3n2)cc1. The summed E-state index contributed by atoms with van der Waals surface area (Å²) in [6, 6.07) is 59.1. The number of hydrogen-bond donors (Lipinski definition) is 0. The minimum absolute atomic E-state index is 0.715. The number of nitrogens with zero attached hydrogens (tertiary/aromatic N) is 4. The van der Waals surface area contributed by atoms with E-state index >= 15 is 0 Å². The highest BCUT2D eigenvalue weighted by Gasteiger charge is 2.16. The number of fused-ring (bicyclic) bond motifs is 7. The fourth-order valence-corrected chi connectivity index (χ4v) is 7.18. The molecular weight excluding hydrogens is 609 g/mol. The Morgan fingerprint density at radius 3 is 1.74 bits per heavy atom. The summed E-state index contributed by atoms with van der Waals surface area (Å²) in [6.07, 6.45) is 0. The molecule has 0 aliphatic heterocycles. The second-order valence-corrected chi connectivity index (χ2v) is 12.6. The van der Waals surface area contributed by atoms with E-state index in [-0.39, 0.29) is 0 Å². The summed E-state index contributed by atoms with van der Waals surface area (Å²) in [5, 5.41) is 7.93. The molecule has 0 aliphatic rings. The Hall–Kier alpha value is -6.78. The largest absolute Gasteiger partial charge is 0.248 e. The quantitative estimate of drug-likeness (QED) is 0.180. The van der Waals surface area contributed by atoms with Crippen LogP contribution in [-0.2, 0) is 0 Å². The van der Waals surface area contributed by atoms with Crippen molar-refractivity contribution >= 4 is 54.3 Å². The zero-order chi connectivity index (χ0) is 33.0. The maximum atomic E-state index is 5.29. The van der Waals surface area contributed by atoms with Crippen LogP contribution in [0.15, 0.2) is 170 Å². The molecule has 232 valence electrons. The average Bonchev–Trinajstić information content (AvgIpc) is 3.20. The van der Waals surface area contributed by atoms with E-state index in [2.05, 4.69) is 140 Å². The van der Waals surface area contributed by atoms with Crippen molar-refractivity contribution in [2.75, 3.05) is 0 Å². The Kier molecular flexibility index (Phi) is 6.46. The molecule has 0 amide bonds. The van der Waals surface area contributed by atoms with Gasteiger partial charge in [-0.15, -0.1) is 0 Å². The Balaban J connectivity index is 1.14. The van der Waals surface area contributed by atoms with Crippen molar-refractivity contribution in [1.82, 2.24) is 19.9 Å². The number of aromatic nitrogens is 4. The van der Waals surface area contributed by atoms with Crippen molar-refractivity contribution < 1.29 is 0 Å². The molecule has 0 radical (unpaired) electrons.